The lowest BCUT2D eigenvalue weighted by atomic mass is 9.89. The molecule has 0 saturated heterocycles. The van der Waals surface area contributed by atoms with Crippen molar-refractivity contribution in [1.29, 1.82) is 0 Å². The fourth-order valence-corrected chi connectivity index (χ4v) is 6.97. The number of fused-ring (bicyclic) bond motifs is 1. The van der Waals surface area contributed by atoms with E-state index in [1.807, 2.05) is 48.5 Å². The van der Waals surface area contributed by atoms with E-state index in [0.29, 0.717) is 24.5 Å². The number of aryl methyl sites for hydroxylation is 3. The van der Waals surface area contributed by atoms with Crippen LogP contribution >= 0.6 is 0 Å². The van der Waals surface area contributed by atoms with E-state index in [2.05, 4.69) is 47.4 Å². The molecule has 1 aromatic heterocycles. The zero-order chi connectivity index (χ0) is 37.0. The number of esters is 2. The van der Waals surface area contributed by atoms with E-state index >= 15 is 0 Å². The maximum atomic E-state index is 13.3. The second-order valence-corrected chi connectivity index (χ2v) is 13.4. The largest absolute Gasteiger partial charge is 0.489 e. The van der Waals surface area contributed by atoms with Crippen LogP contribution in [0.15, 0.2) is 109 Å². The number of aromatic nitrogens is 1. The Morgan fingerprint density at radius 1 is 0.755 bits per heavy atom. The maximum absolute atomic E-state index is 13.3. The summed E-state index contributed by atoms with van der Waals surface area (Å²) >= 11 is 0. The molecule has 0 saturated carbocycles. The van der Waals surface area contributed by atoms with Crippen LogP contribution in [0.2, 0.25) is 0 Å². The number of benzene rings is 4. The van der Waals surface area contributed by atoms with E-state index in [9.17, 15) is 14.0 Å². The number of carbonyl (C=O) groups is 2. The molecule has 53 heavy (non-hydrogen) atoms. The van der Waals surface area contributed by atoms with Crippen molar-refractivity contribution in [2.45, 2.75) is 64.5 Å². The quantitative estimate of drug-likeness (QED) is 0.0947. The molecule has 0 amide bonds. The standard InChI is InChI=1S/C45H47FN2O5/c1-3-52-45(50)41-26-25-39-40(47-41)8-6-9-42(39)48(29-27-34-17-21-37(22-18-34)44(49)51-2)30-28-36-7-4-5-10-43(36)53-31-35-15-13-32(14-16-35)11-12-33-19-23-38(46)24-20-33/h4-5,7,10,13-26,42H,3,6,8-9,11-12,27-31H2,1-2H3. The molecule has 0 spiro atoms. The molecule has 0 radical (unpaired) electrons. The number of para-hydroxylation sites is 1. The van der Waals surface area contributed by atoms with Gasteiger partial charge in [-0.05, 0) is 122 Å². The van der Waals surface area contributed by atoms with Crippen LogP contribution < -0.4 is 4.74 Å². The van der Waals surface area contributed by atoms with Crippen molar-refractivity contribution in [3.05, 3.63) is 165 Å². The fraction of sp³-hybridized carbons (Fsp3) is 0.311. The first-order valence-corrected chi connectivity index (χ1v) is 18.5. The third kappa shape index (κ3) is 10.2. The molecule has 5 aromatic rings. The summed E-state index contributed by atoms with van der Waals surface area (Å²) in [5.41, 5.74) is 8.74. The van der Waals surface area contributed by atoms with Crippen LogP contribution in [0.4, 0.5) is 4.39 Å². The first kappa shape index (κ1) is 37.4. The van der Waals surface area contributed by atoms with Crippen molar-refractivity contribution in [3.63, 3.8) is 0 Å². The summed E-state index contributed by atoms with van der Waals surface area (Å²) in [6.07, 6.45) is 6.14. The maximum Gasteiger partial charge on any atom is 0.356 e. The van der Waals surface area contributed by atoms with E-state index in [1.165, 1.54) is 24.8 Å². The topological polar surface area (TPSA) is 78.0 Å². The minimum Gasteiger partial charge on any atom is -0.489 e. The summed E-state index contributed by atoms with van der Waals surface area (Å²) in [6.45, 7) is 4.18. The van der Waals surface area contributed by atoms with Crippen molar-refractivity contribution in [3.8, 4) is 5.75 Å². The second kappa shape index (κ2) is 18.4. The lowest BCUT2D eigenvalue weighted by Gasteiger charge is -2.36. The summed E-state index contributed by atoms with van der Waals surface area (Å²) in [5, 5.41) is 0. The number of rotatable bonds is 16. The van der Waals surface area contributed by atoms with Crippen molar-refractivity contribution in [2.75, 3.05) is 26.8 Å². The van der Waals surface area contributed by atoms with E-state index in [4.69, 9.17) is 19.2 Å². The first-order chi connectivity index (χ1) is 25.9. The van der Waals surface area contributed by atoms with Crippen LogP contribution in [0.25, 0.3) is 0 Å². The highest BCUT2D eigenvalue weighted by Gasteiger charge is 2.28. The molecule has 4 aromatic carbocycles. The second-order valence-electron chi connectivity index (χ2n) is 13.4. The van der Waals surface area contributed by atoms with Gasteiger partial charge >= 0.3 is 11.9 Å². The average Bonchev–Trinajstić information content (AvgIpc) is 3.20. The van der Waals surface area contributed by atoms with E-state index < -0.39 is 0 Å². The molecule has 1 unspecified atom stereocenters. The smallest absolute Gasteiger partial charge is 0.356 e. The lowest BCUT2D eigenvalue weighted by molar-refractivity contribution is 0.0517. The summed E-state index contributed by atoms with van der Waals surface area (Å²) in [4.78, 5) is 31.8. The van der Waals surface area contributed by atoms with Crippen molar-refractivity contribution in [1.82, 2.24) is 9.88 Å². The van der Waals surface area contributed by atoms with Gasteiger partial charge < -0.3 is 14.2 Å². The molecule has 0 aliphatic heterocycles. The molecule has 7 nitrogen and oxygen atoms in total. The Labute approximate surface area is 311 Å². The summed E-state index contributed by atoms with van der Waals surface area (Å²) in [7, 11) is 1.39. The molecule has 1 atom stereocenters. The van der Waals surface area contributed by atoms with Gasteiger partial charge in [-0.25, -0.2) is 19.0 Å². The van der Waals surface area contributed by atoms with Gasteiger partial charge in [0.1, 0.15) is 23.9 Å². The van der Waals surface area contributed by atoms with Crippen LogP contribution in [0.1, 0.15) is 85.7 Å². The van der Waals surface area contributed by atoms with Gasteiger partial charge in [0.2, 0.25) is 0 Å². The third-order valence-corrected chi connectivity index (χ3v) is 9.92. The minimum absolute atomic E-state index is 0.145. The number of hydrogen-bond donors (Lipinski definition) is 0. The molecule has 0 fully saturated rings. The Morgan fingerprint density at radius 3 is 2.11 bits per heavy atom. The van der Waals surface area contributed by atoms with Crippen molar-refractivity contribution >= 4 is 11.9 Å². The van der Waals surface area contributed by atoms with Gasteiger partial charge in [-0.3, -0.25) is 4.90 Å². The lowest BCUT2D eigenvalue weighted by Crippen LogP contribution is -2.35. The number of ether oxygens (including phenoxy) is 3. The van der Waals surface area contributed by atoms with Gasteiger partial charge in [-0.15, -0.1) is 0 Å². The van der Waals surface area contributed by atoms with Crippen LogP contribution in [-0.4, -0.2) is 48.6 Å². The van der Waals surface area contributed by atoms with Crippen molar-refractivity contribution in [2.24, 2.45) is 0 Å². The molecule has 0 N–H and O–H groups in total. The Balaban J connectivity index is 1.13. The molecule has 0 bridgehead atoms. The Bertz CT molecular complexity index is 1960. The highest BCUT2D eigenvalue weighted by Crippen LogP contribution is 2.34. The van der Waals surface area contributed by atoms with E-state index in [1.54, 1.807) is 13.0 Å². The number of nitrogens with zero attached hydrogens (tertiary/aromatic N) is 2. The predicted molar refractivity (Wildman–Crippen MR) is 204 cm³/mol. The normalized spacial score (nSPS) is 13.7. The number of hydrogen-bond acceptors (Lipinski definition) is 7. The molecule has 1 aliphatic carbocycles. The van der Waals surface area contributed by atoms with Crippen LogP contribution in [-0.2, 0) is 48.2 Å². The monoisotopic (exact) mass is 714 g/mol. The average molecular weight is 715 g/mol. The van der Waals surface area contributed by atoms with Gasteiger partial charge in [0.05, 0.1) is 19.3 Å². The predicted octanol–water partition coefficient (Wildman–Crippen LogP) is 8.71. The minimum atomic E-state index is -0.390. The number of pyridine rings is 1. The molecule has 1 aliphatic rings. The zero-order valence-electron chi connectivity index (χ0n) is 30.6. The van der Waals surface area contributed by atoms with E-state index in [-0.39, 0.29) is 23.8 Å². The number of methoxy groups -OCH3 is 1. The Kier molecular flexibility index (Phi) is 13.0. The van der Waals surface area contributed by atoms with Gasteiger partial charge in [0.25, 0.3) is 0 Å². The van der Waals surface area contributed by atoms with Crippen LogP contribution in [0, 0.1) is 5.82 Å². The zero-order valence-corrected chi connectivity index (χ0v) is 30.6. The van der Waals surface area contributed by atoms with Gasteiger partial charge in [-0.1, -0.05) is 72.8 Å². The van der Waals surface area contributed by atoms with Gasteiger partial charge in [0.15, 0.2) is 0 Å². The van der Waals surface area contributed by atoms with Crippen molar-refractivity contribution < 1.29 is 28.2 Å². The number of halogens is 1. The summed E-state index contributed by atoms with van der Waals surface area (Å²) in [5.74, 6) is -0.0735. The van der Waals surface area contributed by atoms with E-state index in [0.717, 1.165) is 97.3 Å². The molecule has 8 heteroatoms. The molecule has 274 valence electrons. The Hall–Kier alpha value is -5.34. The SMILES string of the molecule is CCOC(=O)c1ccc2c(n1)CCCC2N(CCc1ccc(C(=O)OC)cc1)CCc1ccccc1OCc1ccc(CCc2ccc(F)cc2)cc1. The molecule has 6 rings (SSSR count). The van der Waals surface area contributed by atoms with Gasteiger partial charge in [-0.2, -0.15) is 0 Å². The Morgan fingerprint density at radius 2 is 1.40 bits per heavy atom. The first-order valence-electron chi connectivity index (χ1n) is 18.5. The fourth-order valence-electron chi connectivity index (χ4n) is 6.97. The summed E-state index contributed by atoms with van der Waals surface area (Å²) in [6, 6.07) is 35.1. The van der Waals surface area contributed by atoms with Crippen LogP contribution in [0.3, 0.4) is 0 Å². The van der Waals surface area contributed by atoms with Crippen LogP contribution in [0.5, 0.6) is 5.75 Å². The van der Waals surface area contributed by atoms with Gasteiger partial charge in [0, 0.05) is 24.8 Å². The summed E-state index contributed by atoms with van der Waals surface area (Å²) < 4.78 is 29.8. The highest BCUT2D eigenvalue weighted by atomic mass is 19.1. The molecule has 1 heterocycles. The molecular formula is C45H47FN2O5. The molecular weight excluding hydrogens is 668 g/mol. The third-order valence-electron chi connectivity index (χ3n) is 9.92. The highest BCUT2D eigenvalue weighted by molar-refractivity contribution is 5.89. The number of carbonyl (C=O) groups excluding carboxylic acids is 2.